The molecule has 21 heavy (non-hydrogen) atoms. The summed E-state index contributed by atoms with van der Waals surface area (Å²) in [7, 11) is 1.77. The Balaban J connectivity index is 1.74. The number of urea groups is 1. The van der Waals surface area contributed by atoms with Gasteiger partial charge < -0.3 is 19.2 Å². The molecule has 2 saturated heterocycles. The number of likely N-dealkylation sites (N-methyl/N-ethyl adjacent to an activating group) is 1. The highest BCUT2D eigenvalue weighted by atomic mass is 16.5. The van der Waals surface area contributed by atoms with Crippen LogP contribution in [-0.4, -0.2) is 69.0 Å². The Kier molecular flexibility index (Phi) is 3.30. The largest absolute Gasteiger partial charge is 0.342 e. The number of hydrogen-bond donors (Lipinski definition) is 0. The molecule has 3 heterocycles. The van der Waals surface area contributed by atoms with Gasteiger partial charge in [-0.1, -0.05) is 12.1 Å². The first-order valence-corrected chi connectivity index (χ1v) is 7.15. The third-order valence-electron chi connectivity index (χ3n) is 4.10. The Morgan fingerprint density at radius 1 is 1.33 bits per heavy atom. The van der Waals surface area contributed by atoms with Gasteiger partial charge in [-0.25, -0.2) is 4.79 Å². The first kappa shape index (κ1) is 13.8. The van der Waals surface area contributed by atoms with Crippen LogP contribution < -0.4 is 0 Å². The number of fused-ring (bicyclic) bond motifs is 1. The summed E-state index contributed by atoms with van der Waals surface area (Å²) in [5.74, 6) is 1.05. The van der Waals surface area contributed by atoms with Gasteiger partial charge in [-0.2, -0.15) is 4.98 Å². The van der Waals surface area contributed by atoms with Crippen LogP contribution in [0.25, 0.3) is 0 Å². The molecule has 0 unspecified atom stereocenters. The first-order valence-electron chi connectivity index (χ1n) is 7.15. The summed E-state index contributed by atoms with van der Waals surface area (Å²) in [6, 6.07) is -0.507. The molecule has 2 fully saturated rings. The molecule has 0 saturated carbocycles. The highest BCUT2D eigenvalue weighted by Crippen LogP contribution is 2.25. The molecule has 2 atom stereocenters. The zero-order chi connectivity index (χ0) is 15.1. The Labute approximate surface area is 122 Å². The molecule has 8 nitrogen and oxygen atoms in total. The van der Waals surface area contributed by atoms with Gasteiger partial charge in [-0.15, -0.1) is 0 Å². The van der Waals surface area contributed by atoms with Crippen LogP contribution in [0, 0.1) is 0 Å². The zero-order valence-electron chi connectivity index (χ0n) is 12.4. The minimum atomic E-state index is -0.414. The van der Waals surface area contributed by atoms with Crippen molar-refractivity contribution < 1.29 is 14.1 Å². The fourth-order valence-corrected chi connectivity index (χ4v) is 3.01. The van der Waals surface area contributed by atoms with E-state index in [9.17, 15) is 9.59 Å². The lowest BCUT2D eigenvalue weighted by molar-refractivity contribution is -0.139. The van der Waals surface area contributed by atoms with Gasteiger partial charge in [0.05, 0.1) is 12.6 Å². The molecule has 1 aromatic rings. The van der Waals surface area contributed by atoms with Gasteiger partial charge in [0, 0.05) is 26.6 Å². The van der Waals surface area contributed by atoms with Crippen LogP contribution in [0.4, 0.5) is 4.79 Å². The smallest absolute Gasteiger partial charge is 0.321 e. The van der Waals surface area contributed by atoms with E-state index >= 15 is 0 Å². The molecule has 0 aromatic carbocycles. The van der Waals surface area contributed by atoms with E-state index in [0.717, 1.165) is 0 Å². The third kappa shape index (κ3) is 2.24. The maximum atomic E-state index is 12.5. The molecule has 114 valence electrons. The Hall–Kier alpha value is -2.12. The molecular weight excluding hydrogens is 274 g/mol. The summed E-state index contributed by atoms with van der Waals surface area (Å²) in [5, 5.41) is 3.88. The predicted octanol–water partition coefficient (Wildman–Crippen LogP) is 0.0987. The van der Waals surface area contributed by atoms with Crippen molar-refractivity contribution in [1.82, 2.24) is 24.8 Å². The molecule has 0 spiro atoms. The van der Waals surface area contributed by atoms with Gasteiger partial charge in [0.1, 0.15) is 6.04 Å². The fraction of sp³-hybridized carbons (Fsp3) is 0.692. The summed E-state index contributed by atoms with van der Waals surface area (Å²) in [6.07, 6.45) is 0.673. The molecule has 2 aliphatic rings. The topological polar surface area (TPSA) is 82.8 Å². The molecule has 3 rings (SSSR count). The molecule has 0 aliphatic carbocycles. The lowest BCUT2D eigenvalue weighted by Crippen LogP contribution is -2.58. The number of hydrogen-bond acceptors (Lipinski definition) is 5. The van der Waals surface area contributed by atoms with Crippen molar-refractivity contribution in [1.29, 1.82) is 0 Å². The minimum Gasteiger partial charge on any atom is -0.342 e. The van der Waals surface area contributed by atoms with Crippen molar-refractivity contribution in [2.24, 2.45) is 0 Å². The summed E-state index contributed by atoms with van der Waals surface area (Å²) < 4.78 is 5.06. The van der Waals surface area contributed by atoms with Gasteiger partial charge in [-0.05, 0) is 6.92 Å². The highest BCUT2D eigenvalue weighted by molar-refractivity contribution is 5.89. The third-order valence-corrected chi connectivity index (χ3v) is 4.10. The summed E-state index contributed by atoms with van der Waals surface area (Å²) in [4.78, 5) is 33.7. The van der Waals surface area contributed by atoms with E-state index < -0.39 is 6.04 Å². The van der Waals surface area contributed by atoms with E-state index in [1.54, 1.807) is 28.7 Å². The van der Waals surface area contributed by atoms with E-state index in [1.165, 1.54) is 0 Å². The van der Waals surface area contributed by atoms with E-state index in [0.29, 0.717) is 37.8 Å². The second kappa shape index (κ2) is 5.01. The highest BCUT2D eigenvalue weighted by Gasteiger charge is 2.46. The Morgan fingerprint density at radius 3 is 2.76 bits per heavy atom. The molecule has 2 aliphatic heterocycles. The summed E-state index contributed by atoms with van der Waals surface area (Å²) in [5.41, 5.74) is 0. The molecule has 1 aromatic heterocycles. The number of piperazine rings is 1. The molecule has 0 N–H and O–H groups in total. The van der Waals surface area contributed by atoms with Crippen LogP contribution in [0.1, 0.15) is 25.6 Å². The lowest BCUT2D eigenvalue weighted by atomic mass is 10.1. The van der Waals surface area contributed by atoms with Crippen molar-refractivity contribution in [3.8, 4) is 0 Å². The molecule has 3 amide bonds. The number of aromatic nitrogens is 2. The van der Waals surface area contributed by atoms with Crippen LogP contribution in [0.2, 0.25) is 0 Å². The van der Waals surface area contributed by atoms with Crippen molar-refractivity contribution >= 4 is 11.9 Å². The second-order valence-electron chi connectivity index (χ2n) is 5.58. The van der Waals surface area contributed by atoms with Crippen molar-refractivity contribution in [3.63, 3.8) is 0 Å². The normalized spacial score (nSPS) is 25.8. The summed E-state index contributed by atoms with van der Waals surface area (Å²) in [6.45, 7) is 5.17. The molecule has 0 bridgehead atoms. The lowest BCUT2D eigenvalue weighted by Gasteiger charge is -2.38. The van der Waals surface area contributed by atoms with Gasteiger partial charge >= 0.3 is 6.03 Å². The SMILES string of the molecule is CCc1nc(CN2C[C@H]3CN(C)C(=O)[C@H](C)N3C2=O)no1. The van der Waals surface area contributed by atoms with Gasteiger partial charge in [-0.3, -0.25) is 4.79 Å². The van der Waals surface area contributed by atoms with E-state index in [2.05, 4.69) is 10.1 Å². The first-order chi connectivity index (χ1) is 10.0. The molecule has 8 heteroatoms. The van der Waals surface area contributed by atoms with E-state index in [4.69, 9.17) is 4.52 Å². The van der Waals surface area contributed by atoms with Crippen molar-refractivity contribution in [3.05, 3.63) is 11.7 Å². The van der Waals surface area contributed by atoms with Gasteiger partial charge in [0.25, 0.3) is 0 Å². The molecular formula is C13H19N5O3. The Morgan fingerprint density at radius 2 is 2.10 bits per heavy atom. The van der Waals surface area contributed by atoms with Crippen LogP contribution >= 0.6 is 0 Å². The maximum absolute atomic E-state index is 12.5. The summed E-state index contributed by atoms with van der Waals surface area (Å²) >= 11 is 0. The number of nitrogens with zero attached hydrogens (tertiary/aromatic N) is 5. The number of carbonyl (C=O) groups is 2. The minimum absolute atomic E-state index is 0.0192. The Bertz CT molecular complexity index is 572. The average Bonchev–Trinajstić information content (AvgIpc) is 3.02. The van der Waals surface area contributed by atoms with Gasteiger partial charge in [0.2, 0.25) is 11.8 Å². The maximum Gasteiger partial charge on any atom is 0.321 e. The van der Waals surface area contributed by atoms with Crippen molar-refractivity contribution in [2.45, 2.75) is 38.9 Å². The van der Waals surface area contributed by atoms with Crippen LogP contribution in [-0.2, 0) is 17.8 Å². The van der Waals surface area contributed by atoms with Crippen LogP contribution in [0.15, 0.2) is 4.52 Å². The fourth-order valence-electron chi connectivity index (χ4n) is 3.01. The predicted molar refractivity (Wildman–Crippen MR) is 72.2 cm³/mol. The van der Waals surface area contributed by atoms with E-state index in [1.807, 2.05) is 6.92 Å². The second-order valence-corrected chi connectivity index (χ2v) is 5.58. The average molecular weight is 293 g/mol. The molecule has 0 radical (unpaired) electrons. The quantitative estimate of drug-likeness (QED) is 0.789. The number of carbonyl (C=O) groups excluding carboxylic acids is 2. The number of amides is 3. The number of rotatable bonds is 3. The van der Waals surface area contributed by atoms with E-state index in [-0.39, 0.29) is 18.0 Å². The zero-order valence-corrected chi connectivity index (χ0v) is 12.4. The van der Waals surface area contributed by atoms with Gasteiger partial charge in [0.15, 0.2) is 5.82 Å². The monoisotopic (exact) mass is 293 g/mol. The van der Waals surface area contributed by atoms with Crippen molar-refractivity contribution in [2.75, 3.05) is 20.1 Å². The van der Waals surface area contributed by atoms with Crippen LogP contribution in [0.3, 0.4) is 0 Å². The van der Waals surface area contributed by atoms with Crippen LogP contribution in [0.5, 0.6) is 0 Å². The number of aryl methyl sites for hydroxylation is 1. The standard InChI is InChI=1S/C13H19N5O3/c1-4-11-14-10(15-21-11)7-17-6-9-5-16(3)12(19)8(2)18(9)13(17)20/h8-9H,4-7H2,1-3H3/t8-,9+/m0/s1.